The summed E-state index contributed by atoms with van der Waals surface area (Å²) in [6.45, 7) is 15.7. The maximum absolute atomic E-state index is 5.44. The zero-order valence-electron chi connectivity index (χ0n) is 15.0. The van der Waals surface area contributed by atoms with Crippen LogP contribution in [0.3, 0.4) is 0 Å². The molecule has 0 heterocycles. The van der Waals surface area contributed by atoms with E-state index in [0.29, 0.717) is 11.3 Å². The summed E-state index contributed by atoms with van der Waals surface area (Å²) in [5.74, 6) is 1.74. The average molecular weight is 291 g/mol. The maximum atomic E-state index is 5.44. The molecule has 0 bridgehead atoms. The molecule has 1 aromatic rings. The van der Waals surface area contributed by atoms with Crippen molar-refractivity contribution in [1.29, 1.82) is 0 Å². The Balaban J connectivity index is 2.58. The van der Waals surface area contributed by atoms with E-state index in [0.717, 1.165) is 25.3 Å². The Morgan fingerprint density at radius 3 is 2.19 bits per heavy atom. The molecule has 0 amide bonds. The molecule has 2 nitrogen and oxygen atoms in total. The normalized spacial score (nSPS) is 12.0. The SMILES string of the molecule is COc1c(C)cc(CCC(C)(C)CNCC(C)C)cc1C. The molecule has 0 unspecified atom stereocenters. The predicted octanol–water partition coefficient (Wildman–Crippen LogP) is 4.52. The average Bonchev–Trinajstić information content (AvgIpc) is 2.35. The summed E-state index contributed by atoms with van der Waals surface area (Å²) in [6.07, 6.45) is 2.32. The van der Waals surface area contributed by atoms with Crippen molar-refractivity contribution in [3.05, 3.63) is 28.8 Å². The Bertz CT molecular complexity index is 426. The van der Waals surface area contributed by atoms with E-state index in [-0.39, 0.29) is 0 Å². The minimum atomic E-state index is 0.330. The highest BCUT2D eigenvalue weighted by molar-refractivity contribution is 5.43. The first-order chi connectivity index (χ1) is 9.75. The van der Waals surface area contributed by atoms with E-state index in [2.05, 4.69) is 59.0 Å². The van der Waals surface area contributed by atoms with Gasteiger partial charge >= 0.3 is 0 Å². The van der Waals surface area contributed by atoms with E-state index in [1.807, 2.05) is 0 Å². The van der Waals surface area contributed by atoms with Crippen molar-refractivity contribution in [1.82, 2.24) is 5.32 Å². The zero-order chi connectivity index (χ0) is 16.0. The van der Waals surface area contributed by atoms with Crippen LogP contribution in [-0.2, 0) is 6.42 Å². The minimum Gasteiger partial charge on any atom is -0.496 e. The number of nitrogens with one attached hydrogen (secondary N) is 1. The maximum Gasteiger partial charge on any atom is 0.124 e. The van der Waals surface area contributed by atoms with Gasteiger partial charge in [0.25, 0.3) is 0 Å². The number of ether oxygens (including phenoxy) is 1. The highest BCUT2D eigenvalue weighted by atomic mass is 16.5. The Kier molecular flexibility index (Phi) is 6.73. The van der Waals surface area contributed by atoms with E-state index in [1.54, 1.807) is 7.11 Å². The van der Waals surface area contributed by atoms with Crippen LogP contribution in [0.4, 0.5) is 0 Å². The lowest BCUT2D eigenvalue weighted by atomic mass is 9.85. The van der Waals surface area contributed by atoms with Crippen molar-refractivity contribution in [2.75, 3.05) is 20.2 Å². The van der Waals surface area contributed by atoms with Crippen molar-refractivity contribution >= 4 is 0 Å². The fourth-order valence-corrected chi connectivity index (χ4v) is 2.78. The third kappa shape index (κ3) is 6.09. The van der Waals surface area contributed by atoms with Crippen LogP contribution in [0.5, 0.6) is 5.75 Å². The smallest absolute Gasteiger partial charge is 0.124 e. The third-order valence-corrected chi connectivity index (χ3v) is 3.97. The monoisotopic (exact) mass is 291 g/mol. The molecule has 0 saturated carbocycles. The van der Waals surface area contributed by atoms with Gasteiger partial charge in [-0.25, -0.2) is 0 Å². The van der Waals surface area contributed by atoms with Gasteiger partial charge in [0.15, 0.2) is 0 Å². The second-order valence-corrected chi connectivity index (χ2v) is 7.45. The van der Waals surface area contributed by atoms with Gasteiger partial charge in [-0.3, -0.25) is 0 Å². The molecule has 1 rings (SSSR count). The number of benzene rings is 1. The van der Waals surface area contributed by atoms with Gasteiger partial charge in [0.1, 0.15) is 5.75 Å². The summed E-state index contributed by atoms with van der Waals surface area (Å²) in [5, 5.41) is 3.58. The van der Waals surface area contributed by atoms with E-state index >= 15 is 0 Å². The van der Waals surface area contributed by atoms with Gasteiger partial charge in [0, 0.05) is 6.54 Å². The highest BCUT2D eigenvalue weighted by Gasteiger charge is 2.18. The first-order valence-corrected chi connectivity index (χ1v) is 8.10. The van der Waals surface area contributed by atoms with Crippen LogP contribution in [0.15, 0.2) is 12.1 Å². The number of hydrogen-bond acceptors (Lipinski definition) is 2. The summed E-state index contributed by atoms with van der Waals surface area (Å²) in [5.41, 5.74) is 4.23. The number of hydrogen-bond donors (Lipinski definition) is 1. The molecule has 1 aromatic carbocycles. The lowest BCUT2D eigenvalue weighted by Crippen LogP contribution is -2.32. The first-order valence-electron chi connectivity index (χ1n) is 8.10. The Morgan fingerprint density at radius 1 is 1.14 bits per heavy atom. The number of rotatable bonds is 8. The molecule has 1 N–H and O–H groups in total. The summed E-state index contributed by atoms with van der Waals surface area (Å²) < 4.78 is 5.44. The molecule has 0 aromatic heterocycles. The molecule has 0 spiro atoms. The van der Waals surface area contributed by atoms with Gasteiger partial charge < -0.3 is 10.1 Å². The largest absolute Gasteiger partial charge is 0.496 e. The molecule has 0 aliphatic heterocycles. The van der Waals surface area contributed by atoms with Crippen LogP contribution < -0.4 is 10.1 Å². The third-order valence-electron chi connectivity index (χ3n) is 3.97. The Morgan fingerprint density at radius 2 is 1.71 bits per heavy atom. The molecule has 21 heavy (non-hydrogen) atoms. The lowest BCUT2D eigenvalue weighted by Gasteiger charge is -2.26. The fraction of sp³-hybridized carbons (Fsp3) is 0.684. The number of methoxy groups -OCH3 is 1. The highest BCUT2D eigenvalue weighted by Crippen LogP contribution is 2.27. The zero-order valence-corrected chi connectivity index (χ0v) is 15.0. The van der Waals surface area contributed by atoms with Crippen LogP contribution in [0.25, 0.3) is 0 Å². The van der Waals surface area contributed by atoms with E-state index in [4.69, 9.17) is 4.74 Å². The molecule has 0 atom stereocenters. The lowest BCUT2D eigenvalue weighted by molar-refractivity contribution is 0.308. The van der Waals surface area contributed by atoms with E-state index in [9.17, 15) is 0 Å². The summed E-state index contributed by atoms with van der Waals surface area (Å²) >= 11 is 0. The van der Waals surface area contributed by atoms with Crippen molar-refractivity contribution in [3.63, 3.8) is 0 Å². The topological polar surface area (TPSA) is 21.3 Å². The molecule has 0 aliphatic carbocycles. The summed E-state index contributed by atoms with van der Waals surface area (Å²) in [7, 11) is 1.75. The second-order valence-electron chi connectivity index (χ2n) is 7.45. The number of aryl methyl sites for hydroxylation is 3. The molecule has 0 saturated heterocycles. The van der Waals surface area contributed by atoms with Crippen molar-refractivity contribution in [3.8, 4) is 5.75 Å². The van der Waals surface area contributed by atoms with Gasteiger partial charge in [0.05, 0.1) is 7.11 Å². The van der Waals surface area contributed by atoms with E-state index in [1.165, 1.54) is 23.1 Å². The molecular weight excluding hydrogens is 258 g/mol. The van der Waals surface area contributed by atoms with Gasteiger partial charge in [-0.15, -0.1) is 0 Å². The van der Waals surface area contributed by atoms with Crippen LogP contribution in [0.2, 0.25) is 0 Å². The Hall–Kier alpha value is -1.02. The van der Waals surface area contributed by atoms with Gasteiger partial charge in [-0.2, -0.15) is 0 Å². The Labute approximate surface area is 131 Å². The summed E-state index contributed by atoms with van der Waals surface area (Å²) in [6, 6.07) is 4.53. The van der Waals surface area contributed by atoms with Crippen LogP contribution in [0, 0.1) is 25.2 Å². The van der Waals surface area contributed by atoms with Crippen molar-refractivity contribution in [2.45, 2.75) is 54.4 Å². The van der Waals surface area contributed by atoms with E-state index < -0.39 is 0 Å². The van der Waals surface area contributed by atoms with Gasteiger partial charge in [0.2, 0.25) is 0 Å². The first kappa shape index (κ1) is 18.0. The molecule has 0 aliphatic rings. The van der Waals surface area contributed by atoms with Gasteiger partial charge in [-0.1, -0.05) is 39.8 Å². The molecule has 0 radical (unpaired) electrons. The van der Waals surface area contributed by atoms with Crippen LogP contribution >= 0.6 is 0 Å². The summed E-state index contributed by atoms with van der Waals surface area (Å²) in [4.78, 5) is 0. The van der Waals surface area contributed by atoms with Crippen molar-refractivity contribution in [2.24, 2.45) is 11.3 Å². The van der Waals surface area contributed by atoms with Crippen LogP contribution in [0.1, 0.15) is 50.8 Å². The molecular formula is C19H33NO. The molecule has 120 valence electrons. The second kappa shape index (κ2) is 7.84. The molecule has 0 fully saturated rings. The molecule has 2 heteroatoms. The standard InChI is InChI=1S/C19H33NO/c1-14(2)12-20-13-19(5,6)9-8-17-10-15(3)18(21-7)16(4)11-17/h10-11,14,20H,8-9,12-13H2,1-7H3. The van der Waals surface area contributed by atoms with Crippen molar-refractivity contribution < 1.29 is 4.74 Å². The van der Waals surface area contributed by atoms with Gasteiger partial charge in [-0.05, 0) is 61.3 Å². The quantitative estimate of drug-likeness (QED) is 0.760. The predicted molar refractivity (Wildman–Crippen MR) is 92.3 cm³/mol. The fourth-order valence-electron chi connectivity index (χ4n) is 2.78. The minimum absolute atomic E-state index is 0.330. The van der Waals surface area contributed by atoms with Crippen LogP contribution in [-0.4, -0.2) is 20.2 Å².